The molecule has 0 amide bonds. The van der Waals surface area contributed by atoms with Gasteiger partial charge in [0.1, 0.15) is 21.5 Å². The van der Waals surface area contributed by atoms with Gasteiger partial charge >= 0.3 is 0 Å². The molecule has 24 heavy (non-hydrogen) atoms. The standard InChI is InChI=1S/C15H19F2NO4S2/c1-23(19,20)14-7-12-3-4-13(8-14)18(12)24(21,22)9-10-6-11(16)2-5-15(10)17/h2,5-6,12-14H,3-4,7-9H2,1H3. The molecule has 1 aromatic carbocycles. The lowest BCUT2D eigenvalue weighted by Crippen LogP contribution is -2.49. The summed E-state index contributed by atoms with van der Waals surface area (Å²) in [5.41, 5.74) is -0.209. The van der Waals surface area contributed by atoms with Crippen LogP contribution in [0.3, 0.4) is 0 Å². The number of halogens is 2. The van der Waals surface area contributed by atoms with Gasteiger partial charge < -0.3 is 0 Å². The van der Waals surface area contributed by atoms with Crippen molar-refractivity contribution in [3.63, 3.8) is 0 Å². The molecule has 0 N–H and O–H groups in total. The number of piperidine rings is 1. The SMILES string of the molecule is CS(=O)(=O)C1CC2CCC(C1)N2S(=O)(=O)Cc1cc(F)ccc1F. The van der Waals surface area contributed by atoms with Crippen molar-refractivity contribution in [3.05, 3.63) is 35.4 Å². The Bertz CT molecular complexity index is 840. The molecule has 2 fully saturated rings. The van der Waals surface area contributed by atoms with Crippen LogP contribution in [-0.4, -0.2) is 44.7 Å². The van der Waals surface area contributed by atoms with Crippen molar-refractivity contribution in [3.8, 4) is 0 Å². The molecule has 0 aliphatic carbocycles. The van der Waals surface area contributed by atoms with Crippen LogP contribution in [0.4, 0.5) is 8.78 Å². The summed E-state index contributed by atoms with van der Waals surface area (Å²) in [7, 11) is -7.07. The zero-order valence-electron chi connectivity index (χ0n) is 13.2. The number of nitrogens with zero attached hydrogens (tertiary/aromatic N) is 1. The summed E-state index contributed by atoms with van der Waals surface area (Å²) >= 11 is 0. The van der Waals surface area contributed by atoms with E-state index in [-0.39, 0.29) is 30.5 Å². The van der Waals surface area contributed by atoms with E-state index in [2.05, 4.69) is 0 Å². The van der Waals surface area contributed by atoms with Gasteiger partial charge in [0.2, 0.25) is 10.0 Å². The lowest BCUT2D eigenvalue weighted by molar-refractivity contribution is 0.249. The van der Waals surface area contributed by atoms with Crippen LogP contribution in [0.15, 0.2) is 18.2 Å². The number of sulfonamides is 1. The normalized spacial score (nSPS) is 28.2. The van der Waals surface area contributed by atoms with E-state index in [0.717, 1.165) is 18.2 Å². The highest BCUT2D eigenvalue weighted by molar-refractivity contribution is 7.91. The van der Waals surface area contributed by atoms with Gasteiger partial charge in [-0.1, -0.05) is 0 Å². The summed E-state index contributed by atoms with van der Waals surface area (Å²) in [5.74, 6) is -2.08. The van der Waals surface area contributed by atoms with Gasteiger partial charge in [-0.25, -0.2) is 25.6 Å². The predicted molar refractivity (Wildman–Crippen MR) is 85.5 cm³/mol. The molecule has 0 saturated carbocycles. The van der Waals surface area contributed by atoms with Crippen LogP contribution >= 0.6 is 0 Å². The quantitative estimate of drug-likeness (QED) is 0.800. The van der Waals surface area contributed by atoms with Crippen LogP contribution in [0, 0.1) is 11.6 Å². The maximum Gasteiger partial charge on any atom is 0.218 e. The van der Waals surface area contributed by atoms with E-state index in [0.29, 0.717) is 12.8 Å². The van der Waals surface area contributed by atoms with Gasteiger partial charge in [-0.2, -0.15) is 4.31 Å². The third-order valence-electron chi connectivity index (χ3n) is 4.90. The van der Waals surface area contributed by atoms with Crippen LogP contribution in [0.1, 0.15) is 31.2 Å². The molecule has 2 unspecified atom stereocenters. The van der Waals surface area contributed by atoms with Gasteiger partial charge in [0.05, 0.1) is 11.0 Å². The van der Waals surface area contributed by atoms with Crippen molar-refractivity contribution in [1.82, 2.24) is 4.31 Å². The Morgan fingerprint density at radius 3 is 2.21 bits per heavy atom. The summed E-state index contributed by atoms with van der Waals surface area (Å²) in [6.45, 7) is 0. The second-order valence-corrected chi connectivity index (χ2v) is 10.8. The van der Waals surface area contributed by atoms with Gasteiger partial charge in [0, 0.05) is 23.9 Å². The van der Waals surface area contributed by atoms with E-state index in [1.54, 1.807) is 0 Å². The number of hydrogen-bond acceptors (Lipinski definition) is 4. The number of hydrogen-bond donors (Lipinski definition) is 0. The van der Waals surface area contributed by atoms with Crippen LogP contribution in [0.2, 0.25) is 0 Å². The van der Waals surface area contributed by atoms with E-state index in [4.69, 9.17) is 0 Å². The second kappa shape index (κ2) is 6.03. The molecule has 0 spiro atoms. The Labute approximate surface area is 140 Å². The average molecular weight is 379 g/mol. The first kappa shape index (κ1) is 17.8. The van der Waals surface area contributed by atoms with Gasteiger partial charge in [-0.15, -0.1) is 0 Å². The van der Waals surface area contributed by atoms with Crippen molar-refractivity contribution in [2.75, 3.05) is 6.26 Å². The monoisotopic (exact) mass is 379 g/mol. The Kier molecular flexibility index (Phi) is 4.46. The molecule has 3 rings (SSSR count). The Balaban J connectivity index is 1.85. The number of rotatable bonds is 4. The Hall–Kier alpha value is -1.06. The van der Waals surface area contributed by atoms with Crippen molar-refractivity contribution in [2.45, 2.75) is 48.8 Å². The maximum atomic E-state index is 13.8. The molecule has 2 saturated heterocycles. The van der Waals surface area contributed by atoms with Crippen molar-refractivity contribution in [2.24, 2.45) is 0 Å². The van der Waals surface area contributed by atoms with E-state index < -0.39 is 42.5 Å². The third-order valence-corrected chi connectivity index (χ3v) is 8.41. The minimum Gasteiger partial charge on any atom is -0.229 e. The lowest BCUT2D eigenvalue weighted by atomic mass is 10.1. The highest BCUT2D eigenvalue weighted by Gasteiger charge is 2.48. The molecular formula is C15H19F2NO4S2. The molecule has 2 heterocycles. The Morgan fingerprint density at radius 2 is 1.67 bits per heavy atom. The van der Waals surface area contributed by atoms with Crippen LogP contribution in [0.25, 0.3) is 0 Å². The minimum absolute atomic E-state index is 0.209. The average Bonchev–Trinajstić information content (AvgIpc) is 2.73. The number of sulfone groups is 1. The fourth-order valence-corrected chi connectivity index (χ4v) is 7.01. The molecule has 2 aliphatic rings. The van der Waals surface area contributed by atoms with Crippen LogP contribution in [-0.2, 0) is 25.6 Å². The van der Waals surface area contributed by atoms with Crippen LogP contribution in [0.5, 0.6) is 0 Å². The molecule has 5 nitrogen and oxygen atoms in total. The molecule has 9 heteroatoms. The zero-order valence-corrected chi connectivity index (χ0v) is 14.8. The molecule has 2 aliphatic heterocycles. The summed E-state index contributed by atoms with van der Waals surface area (Å²) in [6, 6.07) is 1.96. The molecular weight excluding hydrogens is 360 g/mol. The Morgan fingerprint density at radius 1 is 1.08 bits per heavy atom. The van der Waals surface area contributed by atoms with E-state index in [1.165, 1.54) is 10.6 Å². The first-order valence-corrected chi connectivity index (χ1v) is 11.3. The maximum absolute atomic E-state index is 13.8. The lowest BCUT2D eigenvalue weighted by Gasteiger charge is -2.37. The molecule has 1 aromatic rings. The summed E-state index contributed by atoms with van der Waals surface area (Å²) < 4.78 is 77.4. The van der Waals surface area contributed by atoms with Crippen molar-refractivity contribution >= 4 is 19.9 Å². The molecule has 0 aromatic heterocycles. The molecule has 2 bridgehead atoms. The number of fused-ring (bicyclic) bond motifs is 2. The topological polar surface area (TPSA) is 71.5 Å². The highest BCUT2D eigenvalue weighted by atomic mass is 32.2. The summed E-state index contributed by atoms with van der Waals surface area (Å²) in [5, 5.41) is -0.535. The molecule has 2 atom stereocenters. The predicted octanol–water partition coefficient (Wildman–Crippen LogP) is 1.83. The van der Waals surface area contributed by atoms with Gasteiger partial charge in [0.25, 0.3) is 0 Å². The first-order valence-electron chi connectivity index (χ1n) is 7.72. The van der Waals surface area contributed by atoms with E-state index in [9.17, 15) is 25.6 Å². The van der Waals surface area contributed by atoms with E-state index >= 15 is 0 Å². The third kappa shape index (κ3) is 3.34. The largest absolute Gasteiger partial charge is 0.229 e. The fraction of sp³-hybridized carbons (Fsp3) is 0.600. The van der Waals surface area contributed by atoms with Crippen LogP contribution < -0.4 is 0 Å². The smallest absolute Gasteiger partial charge is 0.218 e. The fourth-order valence-electron chi connectivity index (χ4n) is 3.81. The zero-order chi connectivity index (χ0) is 17.7. The summed E-state index contributed by atoms with van der Waals surface area (Å²) in [6.07, 6.45) is 2.90. The van der Waals surface area contributed by atoms with Crippen molar-refractivity contribution in [1.29, 1.82) is 0 Å². The van der Waals surface area contributed by atoms with Crippen molar-refractivity contribution < 1.29 is 25.6 Å². The minimum atomic E-state index is -3.85. The van der Waals surface area contributed by atoms with E-state index in [1.807, 2.05) is 0 Å². The van der Waals surface area contributed by atoms with Gasteiger partial charge in [-0.05, 0) is 43.9 Å². The molecule has 134 valence electrons. The highest BCUT2D eigenvalue weighted by Crippen LogP contribution is 2.40. The second-order valence-electron chi connectivity index (χ2n) is 6.63. The van der Waals surface area contributed by atoms with Gasteiger partial charge in [0.15, 0.2) is 0 Å². The van der Waals surface area contributed by atoms with Gasteiger partial charge in [-0.3, -0.25) is 0 Å². The molecule has 0 radical (unpaired) electrons. The summed E-state index contributed by atoms with van der Waals surface area (Å²) in [4.78, 5) is 0. The first-order chi connectivity index (χ1) is 11.1. The number of benzene rings is 1.